The van der Waals surface area contributed by atoms with Gasteiger partial charge < -0.3 is 10.2 Å². The lowest BCUT2D eigenvalue weighted by atomic mass is 9.81. The molecule has 0 aromatic carbocycles. The number of aliphatic hydroxyl groups is 2. The summed E-state index contributed by atoms with van der Waals surface area (Å²) in [6.45, 7) is 4.73. The van der Waals surface area contributed by atoms with Gasteiger partial charge in [0.05, 0.1) is 18.2 Å². The fraction of sp³-hybridized carbons (Fsp3) is 0.478. The molecule has 0 unspecified atom stereocenters. The van der Waals surface area contributed by atoms with Crippen molar-refractivity contribution in [3.05, 3.63) is 46.0 Å². The molecule has 5 atom stereocenters. The third kappa shape index (κ3) is 4.90. The summed E-state index contributed by atoms with van der Waals surface area (Å²) in [5.41, 5.74) is -0.850. The Bertz CT molecular complexity index is 1110. The van der Waals surface area contributed by atoms with E-state index in [1.54, 1.807) is 31.4 Å². The third-order valence-electron chi connectivity index (χ3n) is 6.21. The normalized spacial score (nSPS) is 33.5. The molecule has 3 rings (SSSR count). The lowest BCUT2D eigenvalue weighted by Crippen LogP contribution is -2.58. The van der Waals surface area contributed by atoms with Crippen molar-refractivity contribution in [3.8, 4) is 0 Å². The number of rotatable bonds is 2. The number of thiazole rings is 1. The van der Waals surface area contributed by atoms with Crippen molar-refractivity contribution >= 4 is 57.0 Å². The third-order valence-corrected chi connectivity index (χ3v) is 10.3. The molecule has 1 aromatic rings. The average molecular weight is 525 g/mol. The van der Waals surface area contributed by atoms with E-state index in [0.29, 0.717) is 16.3 Å². The minimum absolute atomic E-state index is 0.0393. The van der Waals surface area contributed by atoms with E-state index in [1.165, 1.54) is 47.0 Å². The Kier molecular flexibility index (Phi) is 8.14. The number of hydrogen-bond donors (Lipinski definition) is 2. The molecule has 1 aromatic heterocycles. The van der Waals surface area contributed by atoms with Crippen LogP contribution in [0.2, 0.25) is 0 Å². The highest BCUT2D eigenvalue weighted by Crippen LogP contribution is 2.48. The first-order valence-corrected chi connectivity index (χ1v) is 13.9. The van der Waals surface area contributed by atoms with Crippen LogP contribution in [0.3, 0.4) is 0 Å². The van der Waals surface area contributed by atoms with Crippen molar-refractivity contribution in [2.45, 2.75) is 62.5 Å². The van der Waals surface area contributed by atoms with Gasteiger partial charge in [-0.3, -0.25) is 18.7 Å². The van der Waals surface area contributed by atoms with Crippen molar-refractivity contribution in [2.24, 2.45) is 0 Å². The fourth-order valence-electron chi connectivity index (χ4n) is 4.08. The average Bonchev–Trinajstić information content (AvgIpc) is 3.36. The van der Waals surface area contributed by atoms with Crippen molar-refractivity contribution in [3.63, 3.8) is 0 Å². The van der Waals surface area contributed by atoms with Gasteiger partial charge in [-0.05, 0) is 58.1 Å². The van der Waals surface area contributed by atoms with Gasteiger partial charge in [0.2, 0.25) is 11.0 Å². The monoisotopic (exact) mass is 524 g/mol. The minimum Gasteiger partial charge on any atom is -0.381 e. The number of aliphatic hydroxyl groups excluding tert-OH is 1. The van der Waals surface area contributed by atoms with Crippen LogP contribution in [-0.4, -0.2) is 63.2 Å². The number of fused-ring (bicyclic) bond motifs is 4. The van der Waals surface area contributed by atoms with Crippen LogP contribution in [0.25, 0.3) is 6.08 Å². The van der Waals surface area contributed by atoms with Gasteiger partial charge in [0.15, 0.2) is 5.78 Å². The molecular weight excluding hydrogens is 496 g/mol. The second kappa shape index (κ2) is 10.4. The summed E-state index contributed by atoms with van der Waals surface area (Å²) >= 11 is 2.11. The molecule has 0 spiro atoms. The van der Waals surface area contributed by atoms with Gasteiger partial charge >= 0.3 is 0 Å². The first-order chi connectivity index (χ1) is 15.9. The molecule has 2 aliphatic rings. The second-order valence-corrected chi connectivity index (χ2v) is 11.9. The molecule has 1 amide bonds. The van der Waals surface area contributed by atoms with Gasteiger partial charge in [-0.25, -0.2) is 9.19 Å². The summed E-state index contributed by atoms with van der Waals surface area (Å²) in [5.74, 6) is -0.945. The number of hydrogen-bond acceptors (Lipinski definition) is 9. The van der Waals surface area contributed by atoms with E-state index in [-0.39, 0.29) is 19.3 Å². The molecule has 34 heavy (non-hydrogen) atoms. The Morgan fingerprint density at radius 1 is 1.35 bits per heavy atom. The molecule has 0 aliphatic carbocycles. The topological polar surface area (TPSA) is 125 Å². The van der Waals surface area contributed by atoms with Crippen molar-refractivity contribution < 1.29 is 28.8 Å². The van der Waals surface area contributed by atoms with Gasteiger partial charge in [-0.15, -0.1) is 11.3 Å². The van der Waals surface area contributed by atoms with Crippen LogP contribution in [-0.2, 0) is 25.4 Å². The van der Waals surface area contributed by atoms with Gasteiger partial charge in [-0.2, -0.15) is 0 Å². The smallest absolute Gasteiger partial charge is 0.236 e. The summed E-state index contributed by atoms with van der Waals surface area (Å²) < 4.78 is 13.6. The number of ketones is 1. The van der Waals surface area contributed by atoms with E-state index >= 15 is 0 Å². The number of carbonyl (C=O) groups excluding carboxylic acids is 3. The molecule has 0 radical (unpaired) electrons. The van der Waals surface area contributed by atoms with Crippen LogP contribution in [0.4, 0.5) is 0 Å². The van der Waals surface area contributed by atoms with Gasteiger partial charge in [0.25, 0.3) is 0 Å². The lowest BCUT2D eigenvalue weighted by molar-refractivity contribution is -0.132. The minimum atomic E-state index is -2.06. The maximum atomic E-state index is 13.9. The van der Waals surface area contributed by atoms with E-state index in [0.717, 1.165) is 11.8 Å². The molecular formula is C23H28N2O6S3. The van der Waals surface area contributed by atoms with Crippen molar-refractivity contribution in [2.75, 3.05) is 6.26 Å². The maximum absolute atomic E-state index is 13.9. The Morgan fingerprint density at radius 2 is 2.03 bits per heavy atom. The molecule has 3 heterocycles. The molecule has 1 fully saturated rings. The van der Waals surface area contributed by atoms with Crippen molar-refractivity contribution in [1.82, 2.24) is 9.29 Å². The van der Waals surface area contributed by atoms with Crippen LogP contribution in [0.15, 0.2) is 35.3 Å². The zero-order chi connectivity index (χ0) is 25.3. The molecule has 4 bridgehead atoms. The van der Waals surface area contributed by atoms with E-state index < -0.39 is 50.3 Å². The van der Waals surface area contributed by atoms with Crippen LogP contribution in [0.1, 0.15) is 56.8 Å². The van der Waals surface area contributed by atoms with Gasteiger partial charge in [0, 0.05) is 5.38 Å². The second-order valence-electron chi connectivity index (χ2n) is 8.57. The summed E-state index contributed by atoms with van der Waals surface area (Å²) in [4.78, 5) is 42.7. The predicted molar refractivity (Wildman–Crippen MR) is 134 cm³/mol. The zero-order valence-corrected chi connectivity index (χ0v) is 21.8. The summed E-state index contributed by atoms with van der Waals surface area (Å²) in [5, 5.41) is 23.4. The first-order valence-electron chi connectivity index (χ1n) is 10.7. The Morgan fingerprint density at radius 3 is 2.71 bits per heavy atom. The Labute approximate surface area is 209 Å². The van der Waals surface area contributed by atoms with Crippen LogP contribution < -0.4 is 0 Å². The van der Waals surface area contributed by atoms with Crippen LogP contribution >= 0.6 is 23.1 Å². The first kappa shape index (κ1) is 26.7. The number of aromatic nitrogens is 1. The molecule has 8 nitrogen and oxygen atoms in total. The zero-order valence-electron chi connectivity index (χ0n) is 19.4. The highest BCUT2D eigenvalue weighted by atomic mass is 32.2. The quantitative estimate of drug-likeness (QED) is 0.566. The number of allylic oxidation sites excluding steroid dienone is 3. The summed E-state index contributed by atoms with van der Waals surface area (Å²) in [6.07, 6.45) is 7.60. The van der Waals surface area contributed by atoms with E-state index in [4.69, 9.17) is 0 Å². The lowest BCUT2D eigenvalue weighted by Gasteiger charge is -2.39. The van der Waals surface area contributed by atoms with Gasteiger partial charge in [-0.1, -0.05) is 29.5 Å². The highest BCUT2D eigenvalue weighted by molar-refractivity contribution is 8.13. The van der Waals surface area contributed by atoms with Crippen LogP contribution in [0, 0.1) is 0 Å². The summed E-state index contributed by atoms with van der Waals surface area (Å²) in [7, 11) is -2.05. The number of thioether (sulfide) groups is 1. The van der Waals surface area contributed by atoms with E-state index in [9.17, 15) is 28.8 Å². The SMILES string of the molecule is CSC(=O)[C@](C)(O)[C@@]12CC/C(C)=C/[C@@H](O)C(=O)/C=C/C=C\c3csc(n3)[C@@H](C)N(C(=O)C1)[S@@]2=O. The molecule has 2 N–H and O–H groups in total. The van der Waals surface area contributed by atoms with Crippen molar-refractivity contribution in [1.29, 1.82) is 0 Å². The van der Waals surface area contributed by atoms with E-state index in [1.807, 2.05) is 0 Å². The predicted octanol–water partition coefficient (Wildman–Crippen LogP) is 2.72. The summed E-state index contributed by atoms with van der Waals surface area (Å²) in [6, 6.07) is -0.631. The molecule has 184 valence electrons. The number of carbonyl (C=O) groups is 3. The van der Waals surface area contributed by atoms with E-state index in [2.05, 4.69) is 4.98 Å². The molecule has 0 saturated carbocycles. The largest absolute Gasteiger partial charge is 0.381 e. The molecule has 11 heteroatoms. The van der Waals surface area contributed by atoms with Gasteiger partial charge in [0.1, 0.15) is 32.4 Å². The fourth-order valence-corrected chi connectivity index (χ4v) is 7.60. The maximum Gasteiger partial charge on any atom is 0.236 e. The van der Waals surface area contributed by atoms with Crippen LogP contribution in [0.5, 0.6) is 0 Å². The molecule has 2 aliphatic heterocycles. The standard InChI is InChI=1S/C23H28N2O6S3/c1-14-9-10-23(22(3,30)21(29)32-4)12-19(28)25(34(23)31)15(2)20-24-16(13-33-20)7-5-6-8-17(26)18(27)11-14/h5-8,11,13,15,18,27,30H,9-10,12H2,1-4H3/b7-5-,8-6+,14-11+/t15-,18-,22+,23-,34-/m1/s1. The Hall–Kier alpha value is -1.92. The number of amides is 1. The Balaban J connectivity index is 2.13. The number of nitrogens with zero attached hydrogens (tertiary/aromatic N) is 2. The molecule has 1 saturated heterocycles. The highest BCUT2D eigenvalue weighted by Gasteiger charge is 2.63.